The summed E-state index contributed by atoms with van der Waals surface area (Å²) in [6.07, 6.45) is 2.24. The third kappa shape index (κ3) is 0.447. The molecule has 12 heavy (non-hydrogen) atoms. The first kappa shape index (κ1) is 5.78. The number of azo groups is 2. The van der Waals surface area contributed by atoms with Crippen molar-refractivity contribution in [3.05, 3.63) is 0 Å². The summed E-state index contributed by atoms with van der Waals surface area (Å²) in [7, 11) is 0. The number of nitrogens with zero attached hydrogens (tertiary/aromatic N) is 4. The van der Waals surface area contributed by atoms with Crippen molar-refractivity contribution in [1.29, 1.82) is 0 Å². The molecule has 0 aromatic carbocycles. The first-order valence-electron chi connectivity index (χ1n) is 4.73. The number of hydrogen-bond acceptors (Lipinski definition) is 4. The Labute approximate surface area is 70.2 Å². The summed E-state index contributed by atoms with van der Waals surface area (Å²) < 4.78 is 0. The molecule has 0 aromatic heterocycles. The molecular formula is C8H10N4. The highest BCUT2D eigenvalue weighted by molar-refractivity contribution is 5.16. The molecule has 4 rings (SSSR count). The van der Waals surface area contributed by atoms with Crippen molar-refractivity contribution in [2.75, 3.05) is 0 Å². The molecule has 0 aromatic rings. The summed E-state index contributed by atoms with van der Waals surface area (Å²) in [4.78, 5) is 0. The van der Waals surface area contributed by atoms with E-state index < -0.39 is 0 Å². The van der Waals surface area contributed by atoms with Gasteiger partial charge >= 0.3 is 0 Å². The van der Waals surface area contributed by atoms with Crippen molar-refractivity contribution in [3.8, 4) is 0 Å². The molecule has 0 N–H and O–H groups in total. The minimum atomic E-state index is 0.509. The van der Waals surface area contributed by atoms with Gasteiger partial charge in [0.25, 0.3) is 0 Å². The summed E-state index contributed by atoms with van der Waals surface area (Å²) >= 11 is 0. The summed E-state index contributed by atoms with van der Waals surface area (Å²) in [6.45, 7) is 0. The van der Waals surface area contributed by atoms with E-state index in [0.717, 1.165) is 24.7 Å². The first-order valence-corrected chi connectivity index (χ1v) is 4.73. The Kier molecular flexibility index (Phi) is 0.772. The molecular weight excluding hydrogens is 152 g/mol. The van der Waals surface area contributed by atoms with Crippen LogP contribution in [0.1, 0.15) is 12.8 Å². The zero-order valence-electron chi connectivity index (χ0n) is 6.67. The molecule has 0 bridgehead atoms. The van der Waals surface area contributed by atoms with E-state index in [0.29, 0.717) is 24.2 Å². The van der Waals surface area contributed by atoms with E-state index in [2.05, 4.69) is 20.5 Å². The van der Waals surface area contributed by atoms with Gasteiger partial charge in [-0.15, -0.1) is 0 Å². The largest absolute Gasteiger partial charge is 0.190 e. The summed E-state index contributed by atoms with van der Waals surface area (Å²) in [5.74, 6) is 1.44. The van der Waals surface area contributed by atoms with E-state index >= 15 is 0 Å². The molecule has 2 fully saturated rings. The standard InChI is InChI=1S/C8H10N4/c1-3-7-5(11-9-3)2-6-8(7)4(1)10-12-6/h3-8H,1-2H2. The molecule has 2 aliphatic carbocycles. The fourth-order valence-corrected chi connectivity index (χ4v) is 3.50. The van der Waals surface area contributed by atoms with Gasteiger partial charge in [-0.3, -0.25) is 0 Å². The minimum Gasteiger partial charge on any atom is -0.190 e. The van der Waals surface area contributed by atoms with E-state index in [1.165, 1.54) is 0 Å². The second kappa shape index (κ2) is 1.60. The third-order valence-electron chi connectivity index (χ3n) is 3.91. The van der Waals surface area contributed by atoms with Crippen molar-refractivity contribution in [3.63, 3.8) is 0 Å². The maximum atomic E-state index is 4.32. The average molecular weight is 162 g/mol. The van der Waals surface area contributed by atoms with Crippen LogP contribution in [0.15, 0.2) is 20.5 Å². The van der Waals surface area contributed by atoms with Gasteiger partial charge < -0.3 is 0 Å². The van der Waals surface area contributed by atoms with Crippen LogP contribution in [0.2, 0.25) is 0 Å². The van der Waals surface area contributed by atoms with E-state index in [9.17, 15) is 0 Å². The van der Waals surface area contributed by atoms with Gasteiger partial charge in [-0.05, 0) is 12.8 Å². The minimum absolute atomic E-state index is 0.509. The summed E-state index contributed by atoms with van der Waals surface area (Å²) in [5, 5.41) is 17.3. The first-order chi connectivity index (χ1) is 5.93. The highest BCUT2D eigenvalue weighted by atomic mass is 15.3. The Morgan fingerprint density at radius 1 is 0.583 bits per heavy atom. The van der Waals surface area contributed by atoms with Gasteiger partial charge in [0.1, 0.15) is 0 Å². The van der Waals surface area contributed by atoms with Gasteiger partial charge in [-0.25, -0.2) is 0 Å². The van der Waals surface area contributed by atoms with Crippen molar-refractivity contribution >= 4 is 0 Å². The van der Waals surface area contributed by atoms with E-state index in [1.54, 1.807) is 0 Å². The normalized spacial score (nSPS) is 63.3. The summed E-state index contributed by atoms with van der Waals surface area (Å²) in [5.41, 5.74) is 0. The quantitative estimate of drug-likeness (QED) is 0.517. The van der Waals surface area contributed by atoms with Crippen molar-refractivity contribution < 1.29 is 0 Å². The Bertz CT molecular complexity index is 243. The predicted molar refractivity (Wildman–Crippen MR) is 41.1 cm³/mol. The van der Waals surface area contributed by atoms with Gasteiger partial charge in [0.15, 0.2) is 0 Å². The number of rotatable bonds is 0. The van der Waals surface area contributed by atoms with Crippen LogP contribution in [0.25, 0.3) is 0 Å². The van der Waals surface area contributed by atoms with Gasteiger partial charge in [-0.1, -0.05) is 0 Å². The van der Waals surface area contributed by atoms with Crippen LogP contribution in [0, 0.1) is 11.8 Å². The molecule has 4 aliphatic rings. The molecule has 0 radical (unpaired) electrons. The molecule has 62 valence electrons. The van der Waals surface area contributed by atoms with Gasteiger partial charge in [0, 0.05) is 11.8 Å². The Hall–Kier alpha value is -0.800. The van der Waals surface area contributed by atoms with Crippen LogP contribution in [-0.2, 0) is 0 Å². The fraction of sp³-hybridized carbons (Fsp3) is 1.00. The Morgan fingerprint density at radius 2 is 0.917 bits per heavy atom. The van der Waals surface area contributed by atoms with Crippen molar-refractivity contribution in [2.24, 2.45) is 32.3 Å². The smallest absolute Gasteiger partial charge is 0.0783 e. The maximum Gasteiger partial charge on any atom is 0.0783 e. The monoisotopic (exact) mass is 162 g/mol. The highest BCUT2D eigenvalue weighted by Gasteiger charge is 2.60. The lowest BCUT2D eigenvalue weighted by Gasteiger charge is -2.10. The van der Waals surface area contributed by atoms with Crippen LogP contribution in [-0.4, -0.2) is 24.2 Å². The van der Waals surface area contributed by atoms with E-state index in [1.807, 2.05) is 0 Å². The average Bonchev–Trinajstić information content (AvgIpc) is 2.71. The lowest BCUT2D eigenvalue weighted by Crippen LogP contribution is -2.20. The summed E-state index contributed by atoms with van der Waals surface area (Å²) in [6, 6.07) is 2.03. The molecule has 4 heteroatoms. The topological polar surface area (TPSA) is 49.4 Å². The molecule has 4 unspecified atom stereocenters. The number of hydrogen-bond donors (Lipinski definition) is 0. The Morgan fingerprint density at radius 3 is 1.25 bits per heavy atom. The lowest BCUT2D eigenvalue weighted by molar-refractivity contribution is 0.411. The van der Waals surface area contributed by atoms with Gasteiger partial charge in [-0.2, -0.15) is 20.5 Å². The van der Waals surface area contributed by atoms with Crippen LogP contribution < -0.4 is 0 Å². The molecule has 0 amide bonds. The second-order valence-electron chi connectivity index (χ2n) is 4.36. The van der Waals surface area contributed by atoms with Crippen LogP contribution in [0.4, 0.5) is 0 Å². The molecule has 2 aliphatic heterocycles. The highest BCUT2D eigenvalue weighted by Crippen LogP contribution is 2.55. The molecule has 4 atom stereocenters. The Balaban J connectivity index is 1.88. The molecule has 2 heterocycles. The predicted octanol–water partition coefficient (Wildman–Crippen LogP) is 1.43. The van der Waals surface area contributed by atoms with Crippen LogP contribution in [0.5, 0.6) is 0 Å². The van der Waals surface area contributed by atoms with E-state index in [-0.39, 0.29) is 0 Å². The van der Waals surface area contributed by atoms with Crippen molar-refractivity contribution in [2.45, 2.75) is 37.0 Å². The van der Waals surface area contributed by atoms with Crippen LogP contribution >= 0.6 is 0 Å². The van der Waals surface area contributed by atoms with Crippen LogP contribution in [0.3, 0.4) is 0 Å². The van der Waals surface area contributed by atoms with Crippen molar-refractivity contribution in [1.82, 2.24) is 0 Å². The molecule has 0 saturated heterocycles. The molecule has 0 spiro atoms. The molecule has 4 nitrogen and oxygen atoms in total. The lowest BCUT2D eigenvalue weighted by atomic mass is 9.94. The van der Waals surface area contributed by atoms with E-state index in [4.69, 9.17) is 0 Å². The molecule has 2 saturated carbocycles. The zero-order valence-corrected chi connectivity index (χ0v) is 6.67. The maximum absolute atomic E-state index is 4.32. The SMILES string of the molecule is C1C2N=NC3CC4N=NC1C4C23. The van der Waals surface area contributed by atoms with Gasteiger partial charge in [0.05, 0.1) is 24.2 Å². The fourth-order valence-electron chi connectivity index (χ4n) is 3.50. The van der Waals surface area contributed by atoms with Gasteiger partial charge in [0.2, 0.25) is 0 Å². The third-order valence-corrected chi connectivity index (χ3v) is 3.91. The second-order valence-corrected chi connectivity index (χ2v) is 4.36. The zero-order chi connectivity index (χ0) is 7.71.